The van der Waals surface area contributed by atoms with Crippen LogP contribution >= 0.6 is 0 Å². The minimum absolute atomic E-state index is 0.187. The Labute approximate surface area is 162 Å². The van der Waals surface area contributed by atoms with Gasteiger partial charge in [-0.2, -0.15) is 8.42 Å². The average molecular weight is 405 g/mol. The molecule has 0 saturated heterocycles. The van der Waals surface area contributed by atoms with Crippen LogP contribution < -0.4 is 5.32 Å². The van der Waals surface area contributed by atoms with Gasteiger partial charge in [0.2, 0.25) is 5.91 Å². The zero-order chi connectivity index (χ0) is 20.7. The normalized spacial score (nSPS) is 12.2. The number of carbonyl (C=O) groups excluding carboxylic acids is 2. The van der Waals surface area contributed by atoms with E-state index in [-0.39, 0.29) is 18.6 Å². The lowest BCUT2D eigenvalue weighted by Crippen LogP contribution is -2.45. The van der Waals surface area contributed by atoms with E-state index in [1.165, 1.54) is 0 Å². The van der Waals surface area contributed by atoms with Gasteiger partial charge in [-0.1, -0.05) is 54.6 Å². The summed E-state index contributed by atoms with van der Waals surface area (Å²) >= 11 is 0. The summed E-state index contributed by atoms with van der Waals surface area (Å²) in [7, 11) is -4.59. The smallest absolute Gasteiger partial charge is 0.327 e. The van der Waals surface area contributed by atoms with E-state index < -0.39 is 33.8 Å². The number of ketones is 1. The molecule has 1 atom stereocenters. The predicted molar refractivity (Wildman–Crippen MR) is 101 cm³/mol. The van der Waals surface area contributed by atoms with E-state index >= 15 is 0 Å². The quantitative estimate of drug-likeness (QED) is 0.427. The van der Waals surface area contributed by atoms with Crippen molar-refractivity contribution in [3.63, 3.8) is 0 Å². The molecule has 2 aromatic rings. The van der Waals surface area contributed by atoms with Gasteiger partial charge in [0.1, 0.15) is 11.8 Å². The Hall–Kier alpha value is -3.04. The molecule has 0 heterocycles. The van der Waals surface area contributed by atoms with Crippen molar-refractivity contribution in [2.45, 2.75) is 18.9 Å². The van der Waals surface area contributed by atoms with E-state index in [4.69, 9.17) is 9.66 Å². The molecule has 0 aliphatic rings. The van der Waals surface area contributed by atoms with Crippen LogP contribution in [0, 0.1) is 0 Å². The van der Waals surface area contributed by atoms with Gasteiger partial charge < -0.3 is 10.4 Å². The fraction of sp³-hybridized carbons (Fsp3) is 0.211. The van der Waals surface area contributed by atoms with Crippen LogP contribution in [-0.4, -0.2) is 47.5 Å². The van der Waals surface area contributed by atoms with Crippen LogP contribution in [0.1, 0.15) is 23.2 Å². The molecule has 2 aromatic carbocycles. The van der Waals surface area contributed by atoms with Crippen LogP contribution in [-0.2, 0) is 19.7 Å². The molecular formula is C19H19NO7S. The molecule has 0 spiro atoms. The Morgan fingerprint density at radius 2 is 1.54 bits per heavy atom. The minimum Gasteiger partial charge on any atom is -0.480 e. The summed E-state index contributed by atoms with van der Waals surface area (Å²) in [5.74, 6) is -3.87. The van der Waals surface area contributed by atoms with Crippen LogP contribution in [0.25, 0.3) is 11.1 Å². The number of carboxylic acids is 1. The minimum atomic E-state index is -4.59. The molecule has 148 valence electrons. The Morgan fingerprint density at radius 1 is 0.929 bits per heavy atom. The summed E-state index contributed by atoms with van der Waals surface area (Å²) in [6.45, 7) is 0. The Morgan fingerprint density at radius 3 is 2.14 bits per heavy atom. The van der Waals surface area contributed by atoms with Crippen molar-refractivity contribution in [2.24, 2.45) is 0 Å². The standard InChI is InChI=1S/C19H19NO7S/c21-17(10-11-18(22)20-16(19(23)24)12-28(25,26)27)15-9-5-4-8-14(15)13-6-2-1-3-7-13/h1-9,16H,10-12H2,(H,20,22)(H,23,24)(H,25,26,27)/t16-/m0/s1. The lowest BCUT2D eigenvalue weighted by molar-refractivity contribution is -0.141. The average Bonchev–Trinajstić information content (AvgIpc) is 2.65. The number of aliphatic carboxylic acids is 1. The maximum absolute atomic E-state index is 12.6. The lowest BCUT2D eigenvalue weighted by atomic mass is 9.95. The van der Waals surface area contributed by atoms with Crippen LogP contribution in [0.3, 0.4) is 0 Å². The predicted octanol–water partition coefficient (Wildman–Crippen LogP) is 1.77. The number of carbonyl (C=O) groups is 3. The number of Topliss-reactive ketones (excluding diaryl/α,β-unsaturated/α-hetero) is 1. The molecule has 8 nitrogen and oxygen atoms in total. The summed E-state index contributed by atoms with van der Waals surface area (Å²) in [6.07, 6.45) is -0.509. The first-order valence-corrected chi connectivity index (χ1v) is 9.93. The van der Waals surface area contributed by atoms with Crippen LogP contribution in [0.5, 0.6) is 0 Å². The highest BCUT2D eigenvalue weighted by molar-refractivity contribution is 7.85. The van der Waals surface area contributed by atoms with Crippen molar-refractivity contribution in [1.29, 1.82) is 0 Å². The van der Waals surface area contributed by atoms with Crippen LogP contribution in [0.2, 0.25) is 0 Å². The van der Waals surface area contributed by atoms with Crippen LogP contribution in [0.15, 0.2) is 54.6 Å². The van der Waals surface area contributed by atoms with Gasteiger partial charge in [-0.25, -0.2) is 4.79 Å². The van der Waals surface area contributed by atoms with Gasteiger partial charge in [0.25, 0.3) is 10.1 Å². The highest BCUT2D eigenvalue weighted by atomic mass is 32.2. The third-order valence-electron chi connectivity index (χ3n) is 3.90. The highest BCUT2D eigenvalue weighted by Gasteiger charge is 2.26. The molecular weight excluding hydrogens is 386 g/mol. The molecule has 0 fully saturated rings. The third-order valence-corrected chi connectivity index (χ3v) is 4.66. The van der Waals surface area contributed by atoms with Crippen molar-refractivity contribution in [3.05, 3.63) is 60.2 Å². The molecule has 1 amide bonds. The first-order valence-electron chi connectivity index (χ1n) is 8.32. The zero-order valence-corrected chi connectivity index (χ0v) is 15.6. The van der Waals surface area contributed by atoms with Gasteiger partial charge in [-0.3, -0.25) is 14.1 Å². The monoisotopic (exact) mass is 405 g/mol. The molecule has 0 aliphatic heterocycles. The maximum atomic E-state index is 12.6. The molecule has 0 saturated carbocycles. The second kappa shape index (κ2) is 9.25. The van der Waals surface area contributed by atoms with Crippen molar-refractivity contribution < 1.29 is 32.5 Å². The summed E-state index contributed by atoms with van der Waals surface area (Å²) in [5.41, 5.74) is 1.98. The van der Waals surface area contributed by atoms with Gasteiger partial charge in [-0.15, -0.1) is 0 Å². The molecule has 0 aliphatic carbocycles. The number of rotatable bonds is 9. The van der Waals surface area contributed by atoms with Crippen LogP contribution in [0.4, 0.5) is 0 Å². The van der Waals surface area contributed by atoms with E-state index in [1.807, 2.05) is 35.6 Å². The van der Waals surface area contributed by atoms with E-state index in [9.17, 15) is 22.8 Å². The third kappa shape index (κ3) is 6.29. The second-order valence-corrected chi connectivity index (χ2v) is 7.54. The molecule has 0 radical (unpaired) electrons. The molecule has 9 heteroatoms. The number of benzene rings is 2. The fourth-order valence-corrected chi connectivity index (χ4v) is 3.26. The van der Waals surface area contributed by atoms with Gasteiger partial charge in [0.15, 0.2) is 5.78 Å². The van der Waals surface area contributed by atoms with E-state index in [2.05, 4.69) is 0 Å². The Kier molecular flexibility index (Phi) is 7.02. The highest BCUT2D eigenvalue weighted by Crippen LogP contribution is 2.24. The van der Waals surface area contributed by atoms with Crippen molar-refractivity contribution in [2.75, 3.05) is 5.75 Å². The summed E-state index contributed by atoms with van der Waals surface area (Å²) < 4.78 is 30.4. The van der Waals surface area contributed by atoms with E-state index in [0.717, 1.165) is 5.56 Å². The SMILES string of the molecule is O=C(CCC(=O)c1ccccc1-c1ccccc1)N[C@@H](CS(=O)(=O)O)C(=O)O. The first-order chi connectivity index (χ1) is 13.2. The number of hydrogen-bond acceptors (Lipinski definition) is 5. The van der Waals surface area contributed by atoms with Gasteiger partial charge in [-0.05, 0) is 11.1 Å². The number of hydrogen-bond donors (Lipinski definition) is 3. The van der Waals surface area contributed by atoms with E-state index in [0.29, 0.717) is 11.1 Å². The van der Waals surface area contributed by atoms with Crippen molar-refractivity contribution in [1.82, 2.24) is 5.32 Å². The number of nitrogens with one attached hydrogen (secondary N) is 1. The summed E-state index contributed by atoms with van der Waals surface area (Å²) in [4.78, 5) is 35.5. The first kappa shape index (κ1) is 21.3. The molecule has 28 heavy (non-hydrogen) atoms. The van der Waals surface area contributed by atoms with E-state index in [1.54, 1.807) is 24.3 Å². The fourth-order valence-electron chi connectivity index (χ4n) is 2.61. The molecule has 0 unspecified atom stereocenters. The Bertz CT molecular complexity index is 971. The molecule has 2 rings (SSSR count). The molecule has 3 N–H and O–H groups in total. The van der Waals surface area contributed by atoms with Crippen molar-refractivity contribution >= 4 is 27.8 Å². The second-order valence-electron chi connectivity index (χ2n) is 6.04. The number of amides is 1. The maximum Gasteiger partial charge on any atom is 0.327 e. The van der Waals surface area contributed by atoms with Gasteiger partial charge in [0.05, 0.1) is 0 Å². The van der Waals surface area contributed by atoms with Crippen molar-refractivity contribution in [3.8, 4) is 11.1 Å². The summed E-state index contributed by atoms with van der Waals surface area (Å²) in [6, 6.07) is 14.4. The van der Waals surface area contributed by atoms with Gasteiger partial charge >= 0.3 is 5.97 Å². The largest absolute Gasteiger partial charge is 0.480 e. The lowest BCUT2D eigenvalue weighted by Gasteiger charge is -2.13. The van der Waals surface area contributed by atoms with Gasteiger partial charge in [0, 0.05) is 18.4 Å². The molecule has 0 aromatic heterocycles. The number of carboxylic acid groups (broad SMARTS) is 1. The zero-order valence-electron chi connectivity index (χ0n) is 14.7. The summed E-state index contributed by atoms with van der Waals surface area (Å²) in [5, 5.41) is 10.9. The Balaban J connectivity index is 2.04. The molecule has 0 bridgehead atoms. The topological polar surface area (TPSA) is 138 Å².